The van der Waals surface area contributed by atoms with Crippen LogP contribution in [0.3, 0.4) is 0 Å². The van der Waals surface area contributed by atoms with Crippen molar-refractivity contribution in [2.24, 2.45) is 11.8 Å². The van der Waals surface area contributed by atoms with Gasteiger partial charge in [0.1, 0.15) is 0 Å². The first-order chi connectivity index (χ1) is 15.4. The van der Waals surface area contributed by atoms with Crippen LogP contribution >= 0.6 is 23.2 Å². The molecule has 6 nitrogen and oxygen atoms in total. The van der Waals surface area contributed by atoms with E-state index in [0.717, 1.165) is 31.2 Å². The number of amides is 1. The van der Waals surface area contributed by atoms with Crippen LogP contribution in [0.1, 0.15) is 44.1 Å². The minimum Gasteiger partial charge on any atom is -0.379 e. The summed E-state index contributed by atoms with van der Waals surface area (Å²) in [5, 5.41) is 0.645. The molecule has 0 aromatic heterocycles. The Morgan fingerprint density at radius 1 is 1.03 bits per heavy atom. The fraction of sp³-hybridized carbons (Fsp3) is 0.696. The Bertz CT molecular complexity index is 978. The number of hydrogen-bond donors (Lipinski definition) is 0. The number of fused-ring (bicyclic) bond motifs is 1. The number of hydrogen-bond acceptors (Lipinski definition) is 4. The van der Waals surface area contributed by atoms with E-state index < -0.39 is 10.0 Å². The topological polar surface area (TPSA) is 66.9 Å². The summed E-state index contributed by atoms with van der Waals surface area (Å²) in [6.07, 6.45) is 6.35. The van der Waals surface area contributed by atoms with Crippen LogP contribution in [-0.2, 0) is 26.0 Å². The zero-order chi connectivity index (χ0) is 22.5. The highest BCUT2D eigenvalue weighted by molar-refractivity contribution is 7.90. The Labute approximate surface area is 200 Å². The van der Waals surface area contributed by atoms with Crippen LogP contribution in [0.15, 0.2) is 18.2 Å². The summed E-state index contributed by atoms with van der Waals surface area (Å²) in [5.74, 6) is 0.671. The van der Waals surface area contributed by atoms with Crippen molar-refractivity contribution in [3.63, 3.8) is 0 Å². The molecule has 0 N–H and O–H groups in total. The maximum Gasteiger partial charge on any atom is 0.227 e. The molecule has 3 atom stereocenters. The predicted molar refractivity (Wildman–Crippen MR) is 124 cm³/mol. The molecular weight excluding hydrogens is 471 g/mol. The molecule has 4 aliphatic rings. The first kappa shape index (κ1) is 22.9. The van der Waals surface area contributed by atoms with E-state index in [1.165, 1.54) is 12.8 Å². The largest absolute Gasteiger partial charge is 0.379 e. The maximum absolute atomic E-state index is 13.5. The number of piperazine rings is 1. The van der Waals surface area contributed by atoms with Crippen molar-refractivity contribution in [2.75, 3.05) is 26.3 Å². The molecule has 176 valence electrons. The molecule has 9 heteroatoms. The van der Waals surface area contributed by atoms with Crippen molar-refractivity contribution < 1.29 is 17.9 Å². The third kappa shape index (κ3) is 4.31. The van der Waals surface area contributed by atoms with Gasteiger partial charge in [-0.2, -0.15) is 4.31 Å². The van der Waals surface area contributed by atoms with Gasteiger partial charge in [0.15, 0.2) is 0 Å². The Morgan fingerprint density at radius 3 is 2.47 bits per heavy atom. The van der Waals surface area contributed by atoms with E-state index >= 15 is 0 Å². The highest BCUT2D eigenvalue weighted by Crippen LogP contribution is 2.42. The molecule has 32 heavy (non-hydrogen) atoms. The molecular formula is C23H30Cl2N2O4S. The second kappa shape index (κ2) is 9.06. The summed E-state index contributed by atoms with van der Waals surface area (Å²) in [4.78, 5) is 15.5. The van der Waals surface area contributed by atoms with Crippen molar-refractivity contribution in [1.82, 2.24) is 9.21 Å². The van der Waals surface area contributed by atoms with E-state index in [1.54, 1.807) is 16.4 Å². The average molecular weight is 501 g/mol. The third-order valence-corrected chi connectivity index (χ3v) is 10.8. The van der Waals surface area contributed by atoms with Crippen LogP contribution in [0.4, 0.5) is 0 Å². The summed E-state index contributed by atoms with van der Waals surface area (Å²) in [7, 11) is -3.34. The van der Waals surface area contributed by atoms with E-state index in [0.29, 0.717) is 42.3 Å². The van der Waals surface area contributed by atoms with Gasteiger partial charge in [-0.05, 0) is 36.5 Å². The van der Waals surface area contributed by atoms with Gasteiger partial charge in [-0.15, -0.1) is 0 Å². The summed E-state index contributed by atoms with van der Waals surface area (Å²) in [5.41, 5.74) is 0.818. The molecule has 0 unspecified atom stereocenters. The fourth-order valence-electron chi connectivity index (χ4n) is 5.91. The van der Waals surface area contributed by atoms with E-state index in [1.807, 2.05) is 11.0 Å². The monoisotopic (exact) mass is 500 g/mol. The molecule has 0 bridgehead atoms. The van der Waals surface area contributed by atoms with Crippen molar-refractivity contribution >= 4 is 39.1 Å². The zero-order valence-electron chi connectivity index (χ0n) is 18.1. The van der Waals surface area contributed by atoms with Crippen LogP contribution in [0.2, 0.25) is 10.0 Å². The highest BCUT2D eigenvalue weighted by atomic mass is 35.5. The standard InChI is InChI=1S/C23H30Cl2N2O4S/c24-19-8-5-15(11-20(19)25)12-22(28)26-9-10-27(32(29,30)17-6-7-17)21-14-31-13-18(23(21)26)16-3-1-2-4-16/h5,8,11,16-18,21,23H,1-4,6-7,9-10,12-14H2/t18-,21-,23-/m1/s1. The van der Waals surface area contributed by atoms with Gasteiger partial charge in [-0.1, -0.05) is 55.0 Å². The number of carbonyl (C=O) groups excluding carboxylic acids is 1. The summed E-state index contributed by atoms with van der Waals surface area (Å²) < 4.78 is 34.1. The molecule has 0 radical (unpaired) electrons. The molecule has 2 aliphatic carbocycles. The van der Waals surface area contributed by atoms with Gasteiger partial charge in [0.2, 0.25) is 15.9 Å². The van der Waals surface area contributed by atoms with E-state index in [2.05, 4.69) is 0 Å². The van der Waals surface area contributed by atoms with E-state index in [9.17, 15) is 13.2 Å². The van der Waals surface area contributed by atoms with E-state index in [-0.39, 0.29) is 35.6 Å². The smallest absolute Gasteiger partial charge is 0.227 e. The van der Waals surface area contributed by atoms with Crippen LogP contribution in [0.25, 0.3) is 0 Å². The number of sulfonamides is 1. The molecule has 2 saturated heterocycles. The van der Waals surface area contributed by atoms with Gasteiger partial charge >= 0.3 is 0 Å². The number of ether oxygens (including phenoxy) is 1. The number of rotatable bonds is 5. The number of benzene rings is 1. The second-order valence-electron chi connectivity index (χ2n) is 9.67. The Kier molecular flexibility index (Phi) is 6.49. The van der Waals surface area contributed by atoms with Gasteiger partial charge in [0, 0.05) is 19.0 Å². The van der Waals surface area contributed by atoms with Gasteiger partial charge < -0.3 is 9.64 Å². The van der Waals surface area contributed by atoms with Crippen molar-refractivity contribution in [3.8, 4) is 0 Å². The second-order valence-corrected chi connectivity index (χ2v) is 12.7. The molecule has 2 heterocycles. The average Bonchev–Trinajstić information content (AvgIpc) is 3.51. The van der Waals surface area contributed by atoms with Crippen molar-refractivity contribution in [3.05, 3.63) is 33.8 Å². The van der Waals surface area contributed by atoms with Crippen LogP contribution in [-0.4, -0.2) is 67.2 Å². The highest BCUT2D eigenvalue weighted by Gasteiger charge is 2.53. The maximum atomic E-state index is 13.5. The zero-order valence-corrected chi connectivity index (χ0v) is 20.4. The van der Waals surface area contributed by atoms with Crippen LogP contribution < -0.4 is 0 Å². The van der Waals surface area contributed by atoms with Gasteiger partial charge in [0.05, 0.1) is 47.0 Å². The normalized spacial score (nSPS) is 29.8. The van der Waals surface area contributed by atoms with Crippen molar-refractivity contribution in [2.45, 2.75) is 62.3 Å². The molecule has 4 fully saturated rings. The molecule has 5 rings (SSSR count). The lowest BCUT2D eigenvalue weighted by Gasteiger charge is -2.53. The van der Waals surface area contributed by atoms with Crippen LogP contribution in [0.5, 0.6) is 0 Å². The number of nitrogens with zero attached hydrogens (tertiary/aromatic N) is 2. The molecule has 1 aromatic carbocycles. The lowest BCUT2D eigenvalue weighted by Crippen LogP contribution is -2.69. The minimum atomic E-state index is -3.34. The first-order valence-corrected chi connectivity index (χ1v) is 13.9. The van der Waals surface area contributed by atoms with Gasteiger partial charge in [-0.3, -0.25) is 4.79 Å². The van der Waals surface area contributed by atoms with Crippen molar-refractivity contribution in [1.29, 1.82) is 0 Å². The van der Waals surface area contributed by atoms with Gasteiger partial charge in [-0.25, -0.2) is 8.42 Å². The van der Waals surface area contributed by atoms with Gasteiger partial charge in [0.25, 0.3) is 0 Å². The Balaban J connectivity index is 1.43. The lowest BCUT2D eigenvalue weighted by molar-refractivity contribution is -0.148. The first-order valence-electron chi connectivity index (χ1n) is 11.7. The third-order valence-electron chi connectivity index (χ3n) is 7.66. The SMILES string of the molecule is O=C(Cc1ccc(Cl)c(Cl)c1)N1CCN(S(=O)(=O)C2CC2)[C@@H]2COC[C@H](C3CCCC3)[C@H]21. The Morgan fingerprint density at radius 2 is 1.78 bits per heavy atom. The Hall–Kier alpha value is -0.860. The molecule has 0 spiro atoms. The molecule has 2 saturated carbocycles. The lowest BCUT2D eigenvalue weighted by atomic mass is 9.78. The molecule has 1 amide bonds. The summed E-state index contributed by atoms with van der Waals surface area (Å²) >= 11 is 12.2. The quantitative estimate of drug-likeness (QED) is 0.617. The summed E-state index contributed by atoms with van der Waals surface area (Å²) in [6, 6.07) is 4.85. The molecule has 1 aromatic rings. The number of halogens is 2. The number of carbonyl (C=O) groups is 1. The van der Waals surface area contributed by atoms with E-state index in [4.69, 9.17) is 27.9 Å². The fourth-order valence-corrected chi connectivity index (χ4v) is 8.25. The minimum absolute atomic E-state index is 0.0201. The molecule has 2 aliphatic heterocycles. The van der Waals surface area contributed by atoms with Crippen LogP contribution in [0, 0.1) is 11.8 Å². The summed E-state index contributed by atoms with van der Waals surface area (Å²) in [6.45, 7) is 1.72. The predicted octanol–water partition coefficient (Wildman–Crippen LogP) is 3.75.